The summed E-state index contributed by atoms with van der Waals surface area (Å²) in [6, 6.07) is 0. The molecule has 0 amide bonds. The molecule has 4 nitrogen and oxygen atoms in total. The Labute approximate surface area is 250 Å². The molecule has 0 spiro atoms. The van der Waals surface area contributed by atoms with Crippen LogP contribution >= 0.6 is 0 Å². The molecule has 40 heavy (non-hydrogen) atoms. The molecular formula is C36H69NO3. The Morgan fingerprint density at radius 1 is 0.600 bits per heavy atom. The lowest BCUT2D eigenvalue weighted by Crippen LogP contribution is -2.16. The fourth-order valence-electron chi connectivity index (χ4n) is 5.33. The summed E-state index contributed by atoms with van der Waals surface area (Å²) in [5.41, 5.74) is 0. The molecule has 0 rings (SSSR count). The number of unbranched alkanes of at least 4 members (excludes halogenated alkanes) is 20. The van der Waals surface area contributed by atoms with Crippen molar-refractivity contribution in [2.24, 2.45) is 0 Å². The summed E-state index contributed by atoms with van der Waals surface area (Å²) in [4.78, 5) is 13.4. The van der Waals surface area contributed by atoms with Gasteiger partial charge in [0.2, 0.25) is 0 Å². The molecule has 0 heterocycles. The first-order valence-corrected chi connectivity index (χ1v) is 17.4. The van der Waals surface area contributed by atoms with Crippen molar-refractivity contribution in [1.29, 1.82) is 0 Å². The Kier molecular flexibility index (Phi) is 31.2. The van der Waals surface area contributed by atoms with E-state index in [-0.39, 0.29) is 6.10 Å². The van der Waals surface area contributed by atoms with Crippen LogP contribution in [0.4, 0.5) is 4.79 Å². The van der Waals surface area contributed by atoms with E-state index in [1.54, 1.807) is 0 Å². The van der Waals surface area contributed by atoms with Crippen molar-refractivity contribution < 1.29 is 14.6 Å². The zero-order chi connectivity index (χ0) is 29.4. The predicted octanol–water partition coefficient (Wildman–Crippen LogP) is 11.9. The third-order valence-corrected chi connectivity index (χ3v) is 7.88. The van der Waals surface area contributed by atoms with E-state index in [1.807, 2.05) is 0 Å². The Bertz CT molecular complexity index is 572. The lowest BCUT2D eigenvalue weighted by atomic mass is 10.0. The molecule has 0 aromatic heterocycles. The fourth-order valence-corrected chi connectivity index (χ4v) is 5.33. The fraction of sp³-hybridized carbons (Fsp3) is 0.861. The summed E-state index contributed by atoms with van der Waals surface area (Å²) in [5, 5.41) is 9.11. The van der Waals surface area contributed by atoms with Crippen LogP contribution < -0.4 is 0 Å². The zero-order valence-electron chi connectivity index (χ0n) is 27.2. The summed E-state index contributed by atoms with van der Waals surface area (Å²) in [6.07, 6.45) is 40.5. The normalized spacial score (nSPS) is 12.7. The predicted molar refractivity (Wildman–Crippen MR) is 175 cm³/mol. The largest absolute Gasteiger partial charge is 0.506 e. The van der Waals surface area contributed by atoms with Crippen molar-refractivity contribution in [1.82, 2.24) is 4.90 Å². The van der Waals surface area contributed by atoms with Crippen LogP contribution in [0.25, 0.3) is 0 Å². The molecule has 0 aliphatic rings. The van der Waals surface area contributed by atoms with Gasteiger partial charge in [0.05, 0.1) is 0 Å². The van der Waals surface area contributed by atoms with Gasteiger partial charge in [-0.15, -0.1) is 0 Å². The summed E-state index contributed by atoms with van der Waals surface area (Å²) >= 11 is 0. The highest BCUT2D eigenvalue weighted by Crippen LogP contribution is 2.18. The number of nitrogens with zero attached hydrogens (tertiary/aromatic N) is 1. The average molecular weight is 564 g/mol. The minimum Gasteiger partial charge on any atom is -0.450 e. The maximum atomic E-state index is 11.1. The summed E-state index contributed by atoms with van der Waals surface area (Å²) < 4.78 is 5.20. The molecule has 0 aromatic carbocycles. The number of hydrogen-bond acceptors (Lipinski definition) is 3. The smallest absolute Gasteiger partial charge is 0.450 e. The molecule has 0 fully saturated rings. The van der Waals surface area contributed by atoms with E-state index in [1.165, 1.54) is 141 Å². The molecule has 0 aromatic rings. The van der Waals surface area contributed by atoms with Crippen molar-refractivity contribution in [3.05, 3.63) is 24.3 Å². The standard InChI is InChI=1S/C36H69NO3/c1-4-5-6-7-8-9-10-11-12-13-14-15-17-20-23-26-29-32-35(40-36(38)39)33-30-27-24-21-18-16-19-22-25-28-31-34-37(2)3/h8-9,11-12,35H,4-7,10,13-34H2,1-3H3,(H,38,39). The van der Waals surface area contributed by atoms with Crippen LogP contribution in [0.15, 0.2) is 24.3 Å². The first-order chi connectivity index (χ1) is 19.6. The number of hydrogen-bond donors (Lipinski definition) is 1. The molecule has 4 heteroatoms. The Morgan fingerprint density at radius 3 is 1.43 bits per heavy atom. The highest BCUT2D eigenvalue weighted by Gasteiger charge is 2.13. The van der Waals surface area contributed by atoms with Gasteiger partial charge in [0, 0.05) is 0 Å². The van der Waals surface area contributed by atoms with Crippen LogP contribution in [0.3, 0.4) is 0 Å². The molecule has 0 bridgehead atoms. The molecule has 0 saturated heterocycles. The van der Waals surface area contributed by atoms with E-state index in [2.05, 4.69) is 50.2 Å². The lowest BCUT2D eigenvalue weighted by molar-refractivity contribution is 0.0422. The summed E-state index contributed by atoms with van der Waals surface area (Å²) in [6.45, 7) is 3.47. The van der Waals surface area contributed by atoms with Gasteiger partial charge in [0.1, 0.15) is 6.10 Å². The maximum absolute atomic E-state index is 11.1. The first kappa shape index (κ1) is 38.7. The molecule has 236 valence electrons. The zero-order valence-corrected chi connectivity index (χ0v) is 27.2. The van der Waals surface area contributed by atoms with Gasteiger partial charge in [-0.05, 0) is 84.8 Å². The van der Waals surface area contributed by atoms with Gasteiger partial charge in [-0.2, -0.15) is 0 Å². The molecule has 0 radical (unpaired) electrons. The topological polar surface area (TPSA) is 49.8 Å². The molecule has 0 aliphatic carbocycles. The molecule has 0 aliphatic heterocycles. The average Bonchev–Trinajstić information content (AvgIpc) is 2.92. The van der Waals surface area contributed by atoms with Crippen molar-refractivity contribution in [3.63, 3.8) is 0 Å². The lowest BCUT2D eigenvalue weighted by Gasteiger charge is -2.16. The monoisotopic (exact) mass is 564 g/mol. The number of rotatable bonds is 31. The van der Waals surface area contributed by atoms with Gasteiger partial charge in [-0.25, -0.2) is 4.79 Å². The Morgan fingerprint density at radius 2 is 1.00 bits per heavy atom. The summed E-state index contributed by atoms with van der Waals surface area (Å²) in [5.74, 6) is 0. The van der Waals surface area contributed by atoms with Crippen LogP contribution in [0.5, 0.6) is 0 Å². The van der Waals surface area contributed by atoms with Crippen LogP contribution in [0, 0.1) is 0 Å². The van der Waals surface area contributed by atoms with Crippen molar-refractivity contribution in [2.45, 2.75) is 180 Å². The van der Waals surface area contributed by atoms with Gasteiger partial charge in [-0.3, -0.25) is 0 Å². The molecule has 1 N–H and O–H groups in total. The second kappa shape index (κ2) is 32.2. The van der Waals surface area contributed by atoms with Crippen molar-refractivity contribution in [2.75, 3.05) is 20.6 Å². The van der Waals surface area contributed by atoms with Crippen molar-refractivity contribution >= 4 is 6.16 Å². The highest BCUT2D eigenvalue weighted by atomic mass is 16.7. The van der Waals surface area contributed by atoms with E-state index >= 15 is 0 Å². The molecular weight excluding hydrogens is 494 g/mol. The van der Waals surface area contributed by atoms with Gasteiger partial charge >= 0.3 is 6.16 Å². The molecule has 0 saturated carbocycles. The van der Waals surface area contributed by atoms with Gasteiger partial charge in [-0.1, -0.05) is 134 Å². The Balaban J connectivity index is 3.56. The van der Waals surface area contributed by atoms with Crippen LogP contribution in [0.1, 0.15) is 174 Å². The van der Waals surface area contributed by atoms with E-state index in [4.69, 9.17) is 9.84 Å². The van der Waals surface area contributed by atoms with Gasteiger partial charge in [0.25, 0.3) is 0 Å². The number of carboxylic acid groups (broad SMARTS) is 1. The van der Waals surface area contributed by atoms with E-state index in [9.17, 15) is 4.79 Å². The highest BCUT2D eigenvalue weighted by molar-refractivity contribution is 5.57. The first-order valence-electron chi connectivity index (χ1n) is 17.4. The number of allylic oxidation sites excluding steroid dienone is 4. The Hall–Kier alpha value is -1.29. The SMILES string of the molecule is CCCCCC=CCC=CCCCCCCCCCC(CCCCCCCCCCCCCN(C)C)OC(=O)O. The minimum absolute atomic E-state index is 0.108. The number of carbonyl (C=O) groups is 1. The van der Waals surface area contributed by atoms with Gasteiger partial charge < -0.3 is 14.7 Å². The molecule has 1 unspecified atom stereocenters. The quantitative estimate of drug-likeness (QED) is 0.0517. The van der Waals surface area contributed by atoms with Gasteiger partial charge in [0.15, 0.2) is 0 Å². The second-order valence-corrected chi connectivity index (χ2v) is 12.2. The van der Waals surface area contributed by atoms with Crippen LogP contribution in [-0.4, -0.2) is 42.9 Å². The van der Waals surface area contributed by atoms with Crippen LogP contribution in [0.2, 0.25) is 0 Å². The van der Waals surface area contributed by atoms with E-state index in [0.717, 1.165) is 32.1 Å². The summed E-state index contributed by atoms with van der Waals surface area (Å²) in [7, 11) is 4.30. The van der Waals surface area contributed by atoms with E-state index < -0.39 is 6.16 Å². The minimum atomic E-state index is -1.11. The third kappa shape index (κ3) is 32.9. The van der Waals surface area contributed by atoms with E-state index in [0.29, 0.717) is 0 Å². The second-order valence-electron chi connectivity index (χ2n) is 12.2. The van der Waals surface area contributed by atoms with Crippen molar-refractivity contribution in [3.8, 4) is 0 Å². The maximum Gasteiger partial charge on any atom is 0.506 e. The molecule has 1 atom stereocenters. The third-order valence-electron chi connectivity index (χ3n) is 7.88. The van der Waals surface area contributed by atoms with Crippen LogP contribution in [-0.2, 0) is 4.74 Å². The number of ether oxygens (including phenoxy) is 1.